The van der Waals surface area contributed by atoms with Crippen molar-refractivity contribution >= 4 is 51.4 Å². The number of benzene rings is 2. The molecule has 0 radical (unpaired) electrons. The highest BCUT2D eigenvalue weighted by molar-refractivity contribution is 7.13. The third-order valence-corrected chi connectivity index (χ3v) is 5.27. The minimum absolute atomic E-state index is 0.166. The Morgan fingerprint density at radius 1 is 1.00 bits per heavy atom. The Morgan fingerprint density at radius 2 is 1.74 bits per heavy atom. The maximum Gasteiger partial charge on any atom is 0.325 e. The van der Waals surface area contributed by atoms with Crippen LogP contribution in [0.2, 0.25) is 5.02 Å². The lowest BCUT2D eigenvalue weighted by Crippen LogP contribution is -2.19. The van der Waals surface area contributed by atoms with Crippen LogP contribution in [-0.2, 0) is 11.2 Å². The number of nitrogens with zero attached hydrogens (tertiary/aromatic N) is 1. The third kappa shape index (κ3) is 6.59. The Kier molecular flexibility index (Phi) is 7.69. The maximum atomic E-state index is 12.2. The normalized spacial score (nSPS) is 10.3. The molecular weight excluding hydrogens is 440 g/mol. The van der Waals surface area contributed by atoms with Gasteiger partial charge in [0.05, 0.1) is 24.9 Å². The molecule has 0 spiro atoms. The van der Waals surface area contributed by atoms with Crippen molar-refractivity contribution in [3.05, 3.63) is 58.6 Å². The van der Waals surface area contributed by atoms with Gasteiger partial charge >= 0.3 is 6.03 Å². The fraction of sp³-hybridized carbons (Fsp3) is 0.190. The lowest BCUT2D eigenvalue weighted by atomic mass is 10.2. The first kappa shape index (κ1) is 22.4. The number of anilines is 3. The van der Waals surface area contributed by atoms with E-state index in [4.69, 9.17) is 21.1 Å². The number of carbonyl (C=O) groups is 2. The summed E-state index contributed by atoms with van der Waals surface area (Å²) in [6.07, 6.45) is 0.679. The summed E-state index contributed by atoms with van der Waals surface area (Å²) in [5.74, 6) is 1.08. The molecule has 8 nitrogen and oxygen atoms in total. The number of methoxy groups -OCH3 is 2. The van der Waals surface area contributed by atoms with Crippen molar-refractivity contribution in [1.82, 2.24) is 4.98 Å². The van der Waals surface area contributed by atoms with Crippen LogP contribution in [0.3, 0.4) is 0 Å². The largest absolute Gasteiger partial charge is 0.497 e. The SMILES string of the molecule is COc1ccc(NC(=O)Nc2nc(CCC(=O)Nc3ccc(OC)c(Cl)c3)cs2)cc1. The average Bonchev–Trinajstić information content (AvgIpc) is 3.20. The molecule has 0 aliphatic rings. The topological polar surface area (TPSA) is 102 Å². The maximum absolute atomic E-state index is 12.2. The van der Waals surface area contributed by atoms with E-state index in [0.29, 0.717) is 45.1 Å². The van der Waals surface area contributed by atoms with Crippen LogP contribution in [-0.4, -0.2) is 31.1 Å². The second-order valence-corrected chi connectivity index (χ2v) is 7.61. The van der Waals surface area contributed by atoms with Gasteiger partial charge in [0, 0.05) is 23.2 Å². The molecule has 0 saturated carbocycles. The highest BCUT2D eigenvalue weighted by Crippen LogP contribution is 2.27. The first-order valence-corrected chi connectivity index (χ1v) is 10.5. The molecule has 10 heteroatoms. The highest BCUT2D eigenvalue weighted by Gasteiger charge is 2.10. The molecule has 0 unspecified atom stereocenters. The summed E-state index contributed by atoms with van der Waals surface area (Å²) in [5, 5.41) is 10.9. The number of aryl methyl sites for hydroxylation is 1. The van der Waals surface area contributed by atoms with Crippen LogP contribution in [0.25, 0.3) is 0 Å². The summed E-state index contributed by atoms with van der Waals surface area (Å²) in [5.41, 5.74) is 1.93. The van der Waals surface area contributed by atoms with Gasteiger partial charge in [0.1, 0.15) is 11.5 Å². The Labute approximate surface area is 188 Å². The Balaban J connectivity index is 1.46. The zero-order valence-electron chi connectivity index (χ0n) is 16.9. The van der Waals surface area contributed by atoms with E-state index in [2.05, 4.69) is 20.9 Å². The number of ether oxygens (including phenoxy) is 2. The first-order valence-electron chi connectivity index (χ1n) is 9.26. The number of amides is 3. The van der Waals surface area contributed by atoms with E-state index in [1.165, 1.54) is 18.4 Å². The molecule has 31 heavy (non-hydrogen) atoms. The summed E-state index contributed by atoms with van der Waals surface area (Å²) in [7, 11) is 3.10. The van der Waals surface area contributed by atoms with Crippen LogP contribution in [0.15, 0.2) is 47.8 Å². The van der Waals surface area contributed by atoms with Crippen molar-refractivity contribution in [3.8, 4) is 11.5 Å². The zero-order valence-corrected chi connectivity index (χ0v) is 18.5. The number of thiazole rings is 1. The summed E-state index contributed by atoms with van der Waals surface area (Å²) >= 11 is 7.35. The van der Waals surface area contributed by atoms with Gasteiger partial charge in [-0.3, -0.25) is 10.1 Å². The predicted molar refractivity (Wildman–Crippen MR) is 123 cm³/mol. The van der Waals surface area contributed by atoms with E-state index in [0.717, 1.165) is 0 Å². The molecule has 0 bridgehead atoms. The molecule has 0 fully saturated rings. The molecule has 2 aromatic carbocycles. The molecule has 3 amide bonds. The summed E-state index contributed by atoms with van der Waals surface area (Å²) in [4.78, 5) is 28.6. The van der Waals surface area contributed by atoms with Gasteiger partial charge in [0.15, 0.2) is 5.13 Å². The molecule has 162 valence electrons. The van der Waals surface area contributed by atoms with Crippen molar-refractivity contribution in [2.75, 3.05) is 30.2 Å². The van der Waals surface area contributed by atoms with E-state index in [9.17, 15) is 9.59 Å². The minimum Gasteiger partial charge on any atom is -0.497 e. The van der Waals surface area contributed by atoms with Crippen LogP contribution in [0.1, 0.15) is 12.1 Å². The number of hydrogen-bond acceptors (Lipinski definition) is 6. The van der Waals surface area contributed by atoms with Gasteiger partial charge in [-0.2, -0.15) is 0 Å². The van der Waals surface area contributed by atoms with Crippen LogP contribution >= 0.6 is 22.9 Å². The summed E-state index contributed by atoms with van der Waals surface area (Å²) < 4.78 is 10.2. The second kappa shape index (κ2) is 10.6. The smallest absolute Gasteiger partial charge is 0.325 e. The van der Waals surface area contributed by atoms with E-state index in [1.54, 1.807) is 55.0 Å². The van der Waals surface area contributed by atoms with E-state index in [1.807, 2.05) is 0 Å². The van der Waals surface area contributed by atoms with Crippen LogP contribution < -0.4 is 25.4 Å². The molecule has 3 N–H and O–H groups in total. The van der Waals surface area contributed by atoms with Crippen molar-refractivity contribution < 1.29 is 19.1 Å². The molecule has 0 aliphatic carbocycles. The van der Waals surface area contributed by atoms with Gasteiger partial charge in [-0.1, -0.05) is 11.6 Å². The molecule has 0 aliphatic heterocycles. The number of carbonyl (C=O) groups excluding carboxylic acids is 2. The van der Waals surface area contributed by atoms with Crippen molar-refractivity contribution in [2.24, 2.45) is 0 Å². The molecule has 0 atom stereocenters. The second-order valence-electron chi connectivity index (χ2n) is 6.35. The van der Waals surface area contributed by atoms with Gasteiger partial charge in [-0.15, -0.1) is 11.3 Å². The fourth-order valence-electron chi connectivity index (χ4n) is 2.62. The van der Waals surface area contributed by atoms with Gasteiger partial charge < -0.3 is 20.1 Å². The van der Waals surface area contributed by atoms with Crippen LogP contribution in [0.5, 0.6) is 11.5 Å². The van der Waals surface area contributed by atoms with Crippen molar-refractivity contribution in [3.63, 3.8) is 0 Å². The summed E-state index contributed by atoms with van der Waals surface area (Å²) in [6.45, 7) is 0. The number of urea groups is 1. The molecule has 3 rings (SSSR count). The molecule has 1 heterocycles. The predicted octanol–water partition coefficient (Wildman–Crippen LogP) is 5.03. The Morgan fingerprint density at radius 3 is 2.42 bits per heavy atom. The minimum atomic E-state index is -0.403. The van der Waals surface area contributed by atoms with Crippen molar-refractivity contribution in [2.45, 2.75) is 12.8 Å². The lowest BCUT2D eigenvalue weighted by molar-refractivity contribution is -0.116. The summed E-state index contributed by atoms with van der Waals surface area (Å²) in [6, 6.07) is 11.6. The zero-order chi connectivity index (χ0) is 22.2. The van der Waals surface area contributed by atoms with E-state index in [-0.39, 0.29) is 12.3 Å². The number of hydrogen-bond donors (Lipinski definition) is 3. The fourth-order valence-corrected chi connectivity index (χ4v) is 3.62. The highest BCUT2D eigenvalue weighted by atomic mass is 35.5. The average molecular weight is 461 g/mol. The lowest BCUT2D eigenvalue weighted by Gasteiger charge is -2.07. The van der Waals surface area contributed by atoms with Crippen molar-refractivity contribution in [1.29, 1.82) is 0 Å². The molecular formula is C21H21ClN4O4S. The quantitative estimate of drug-likeness (QED) is 0.437. The number of aromatic nitrogens is 1. The monoisotopic (exact) mass is 460 g/mol. The number of rotatable bonds is 8. The molecule has 1 aromatic heterocycles. The standard InChI is InChI=1S/C21H21ClN4O4S/c1-29-16-7-3-13(4-8-16)24-20(28)26-21-25-15(12-31-21)6-10-19(27)23-14-5-9-18(30-2)17(22)11-14/h3-5,7-9,11-12H,6,10H2,1-2H3,(H,23,27)(H2,24,25,26,28). The molecule has 3 aromatic rings. The number of halogens is 1. The Bertz CT molecular complexity index is 1060. The van der Waals surface area contributed by atoms with E-state index >= 15 is 0 Å². The van der Waals surface area contributed by atoms with Gasteiger partial charge in [-0.25, -0.2) is 9.78 Å². The van der Waals surface area contributed by atoms with Gasteiger partial charge in [0.25, 0.3) is 0 Å². The van der Waals surface area contributed by atoms with Crippen LogP contribution in [0.4, 0.5) is 21.3 Å². The third-order valence-electron chi connectivity index (χ3n) is 4.16. The van der Waals surface area contributed by atoms with Gasteiger partial charge in [0.2, 0.25) is 5.91 Å². The molecule has 0 saturated heterocycles. The van der Waals surface area contributed by atoms with E-state index < -0.39 is 6.03 Å². The van der Waals surface area contributed by atoms with Crippen LogP contribution in [0, 0.1) is 0 Å². The Hall–Kier alpha value is -3.30. The first-order chi connectivity index (χ1) is 15.0. The van der Waals surface area contributed by atoms with Gasteiger partial charge in [-0.05, 0) is 48.9 Å². The number of nitrogens with one attached hydrogen (secondary N) is 3.